The molecule has 0 bridgehead atoms. The molecule has 1 aliphatic carbocycles. The quantitative estimate of drug-likeness (QED) is 0.743. The number of hydrogen-bond donors (Lipinski definition) is 1. The van der Waals surface area contributed by atoms with Crippen LogP contribution in [0.3, 0.4) is 0 Å². The van der Waals surface area contributed by atoms with Gasteiger partial charge in [0.25, 0.3) is 0 Å². The molecule has 1 N–H and O–H groups in total. The van der Waals surface area contributed by atoms with E-state index in [0.717, 1.165) is 6.42 Å². The molecule has 0 spiro atoms. The molecule has 1 saturated carbocycles. The summed E-state index contributed by atoms with van der Waals surface area (Å²) in [5.74, 6) is 0.326. The fourth-order valence-electron chi connectivity index (χ4n) is 1.81. The third kappa shape index (κ3) is 2.71. The van der Waals surface area contributed by atoms with Crippen LogP contribution in [0, 0.1) is 11.3 Å². The molecule has 0 aromatic rings. The average Bonchev–Trinajstić information content (AvgIpc) is 2.54. The van der Waals surface area contributed by atoms with Crippen LogP contribution in [0.2, 0.25) is 0 Å². The molecule has 1 aliphatic rings. The molecular formula is C11H21NO2. The number of carbonyl (C=O) groups excluding carboxylic acids is 1. The van der Waals surface area contributed by atoms with Gasteiger partial charge in [-0.25, -0.2) is 0 Å². The molecule has 1 atom stereocenters. The van der Waals surface area contributed by atoms with Crippen LogP contribution in [0.4, 0.5) is 0 Å². The Bertz CT molecular complexity index is 240. The van der Waals surface area contributed by atoms with Gasteiger partial charge in [-0.1, -0.05) is 13.8 Å². The fraction of sp³-hybridized carbons (Fsp3) is 0.909. The molecular weight excluding hydrogens is 178 g/mol. The van der Waals surface area contributed by atoms with Crippen LogP contribution in [0.5, 0.6) is 0 Å². The summed E-state index contributed by atoms with van der Waals surface area (Å²) in [6, 6.07) is 0. The highest BCUT2D eigenvalue weighted by atomic mass is 16.3. The minimum atomic E-state index is -0.802. The minimum absolute atomic E-state index is 0.162. The number of rotatable bonds is 3. The Morgan fingerprint density at radius 2 is 2.00 bits per heavy atom. The first kappa shape index (κ1) is 11.5. The Hall–Kier alpha value is -0.570. The van der Waals surface area contributed by atoms with Crippen molar-refractivity contribution >= 4 is 5.91 Å². The number of carbonyl (C=O) groups is 1. The van der Waals surface area contributed by atoms with Crippen molar-refractivity contribution in [2.24, 2.45) is 11.3 Å². The third-order valence-electron chi connectivity index (χ3n) is 2.81. The molecule has 1 fully saturated rings. The van der Waals surface area contributed by atoms with Crippen molar-refractivity contribution in [3.8, 4) is 0 Å². The summed E-state index contributed by atoms with van der Waals surface area (Å²) in [6.07, 6.45) is 0.974. The van der Waals surface area contributed by atoms with Crippen molar-refractivity contribution in [2.45, 2.75) is 39.7 Å². The van der Waals surface area contributed by atoms with Crippen LogP contribution in [-0.2, 0) is 4.79 Å². The van der Waals surface area contributed by atoms with Crippen LogP contribution < -0.4 is 0 Å². The molecule has 82 valence electrons. The number of aliphatic hydroxyl groups is 1. The van der Waals surface area contributed by atoms with Crippen LogP contribution in [0.25, 0.3) is 0 Å². The standard InChI is InChI=1S/C11H21NO2/c1-10(2)6-8(10)9(13)12(5)7-11(3,4)14/h8,14H,6-7H2,1-5H3. The molecule has 14 heavy (non-hydrogen) atoms. The lowest BCUT2D eigenvalue weighted by atomic mass is 10.1. The maximum atomic E-state index is 11.8. The molecule has 3 heteroatoms. The summed E-state index contributed by atoms with van der Waals surface area (Å²) < 4.78 is 0. The van der Waals surface area contributed by atoms with E-state index in [1.165, 1.54) is 0 Å². The molecule has 0 saturated heterocycles. The minimum Gasteiger partial charge on any atom is -0.389 e. The zero-order valence-electron chi connectivity index (χ0n) is 9.79. The SMILES string of the molecule is CN(CC(C)(C)O)C(=O)C1CC1(C)C. The monoisotopic (exact) mass is 199 g/mol. The zero-order valence-corrected chi connectivity index (χ0v) is 9.79. The highest BCUT2D eigenvalue weighted by molar-refractivity contribution is 5.82. The summed E-state index contributed by atoms with van der Waals surface area (Å²) in [6.45, 7) is 8.04. The Kier molecular flexibility index (Phi) is 2.65. The Balaban J connectivity index is 2.47. The predicted molar refractivity (Wildman–Crippen MR) is 55.8 cm³/mol. The maximum Gasteiger partial charge on any atom is 0.226 e. The summed E-state index contributed by atoms with van der Waals surface area (Å²) in [4.78, 5) is 13.5. The van der Waals surface area contributed by atoms with Crippen molar-refractivity contribution in [2.75, 3.05) is 13.6 Å². The van der Waals surface area contributed by atoms with Gasteiger partial charge in [-0.05, 0) is 25.7 Å². The van der Waals surface area contributed by atoms with Crippen molar-refractivity contribution in [3.05, 3.63) is 0 Å². The molecule has 1 amide bonds. The molecule has 0 aromatic carbocycles. The van der Waals surface area contributed by atoms with Gasteiger partial charge >= 0.3 is 0 Å². The smallest absolute Gasteiger partial charge is 0.226 e. The van der Waals surface area contributed by atoms with Crippen LogP contribution >= 0.6 is 0 Å². The van der Waals surface area contributed by atoms with Crippen molar-refractivity contribution < 1.29 is 9.90 Å². The van der Waals surface area contributed by atoms with Crippen molar-refractivity contribution in [1.29, 1.82) is 0 Å². The normalized spacial score (nSPS) is 24.6. The van der Waals surface area contributed by atoms with Crippen molar-refractivity contribution in [1.82, 2.24) is 4.90 Å². The van der Waals surface area contributed by atoms with Crippen LogP contribution in [-0.4, -0.2) is 35.1 Å². The highest BCUT2D eigenvalue weighted by Crippen LogP contribution is 2.52. The van der Waals surface area contributed by atoms with Gasteiger partial charge < -0.3 is 10.0 Å². The van der Waals surface area contributed by atoms with E-state index in [4.69, 9.17) is 0 Å². The van der Waals surface area contributed by atoms with E-state index >= 15 is 0 Å². The summed E-state index contributed by atoms with van der Waals surface area (Å²) >= 11 is 0. The Labute approximate surface area is 86.1 Å². The fourth-order valence-corrected chi connectivity index (χ4v) is 1.81. The lowest BCUT2D eigenvalue weighted by molar-refractivity contribution is -0.134. The van der Waals surface area contributed by atoms with E-state index in [0.29, 0.717) is 6.54 Å². The van der Waals surface area contributed by atoms with Crippen molar-refractivity contribution in [3.63, 3.8) is 0 Å². The van der Waals surface area contributed by atoms with Gasteiger partial charge in [0.1, 0.15) is 0 Å². The third-order valence-corrected chi connectivity index (χ3v) is 2.81. The average molecular weight is 199 g/mol. The predicted octanol–water partition coefficient (Wildman–Crippen LogP) is 1.26. The first-order chi connectivity index (χ1) is 6.13. The Morgan fingerprint density at radius 3 is 2.29 bits per heavy atom. The molecule has 3 nitrogen and oxygen atoms in total. The summed E-state index contributed by atoms with van der Waals surface area (Å²) in [7, 11) is 1.76. The van der Waals surface area contributed by atoms with Crippen LogP contribution in [0.1, 0.15) is 34.1 Å². The molecule has 0 heterocycles. The molecule has 1 rings (SSSR count). The second-order valence-corrected chi connectivity index (χ2v) is 5.75. The Morgan fingerprint density at radius 1 is 1.57 bits per heavy atom. The van der Waals surface area contributed by atoms with E-state index in [1.54, 1.807) is 25.8 Å². The summed E-state index contributed by atoms with van der Waals surface area (Å²) in [5, 5.41) is 9.58. The lowest BCUT2D eigenvalue weighted by Crippen LogP contribution is -2.40. The largest absolute Gasteiger partial charge is 0.389 e. The molecule has 0 aliphatic heterocycles. The van der Waals surface area contributed by atoms with Gasteiger partial charge in [0.2, 0.25) is 5.91 Å². The summed E-state index contributed by atoms with van der Waals surface area (Å²) in [5.41, 5.74) is -0.631. The molecule has 0 radical (unpaired) electrons. The zero-order chi connectivity index (χ0) is 11.1. The van der Waals surface area contributed by atoms with Gasteiger partial charge in [-0.15, -0.1) is 0 Å². The van der Waals surface area contributed by atoms with Gasteiger partial charge in [-0.2, -0.15) is 0 Å². The van der Waals surface area contributed by atoms with E-state index in [1.807, 2.05) is 0 Å². The lowest BCUT2D eigenvalue weighted by Gasteiger charge is -2.26. The van der Waals surface area contributed by atoms with Gasteiger partial charge in [0.05, 0.1) is 5.60 Å². The molecule has 0 aromatic heterocycles. The number of hydrogen-bond acceptors (Lipinski definition) is 2. The highest BCUT2D eigenvalue weighted by Gasteiger charge is 2.51. The molecule has 1 unspecified atom stereocenters. The number of amides is 1. The maximum absolute atomic E-state index is 11.8. The van der Waals surface area contributed by atoms with Crippen LogP contribution in [0.15, 0.2) is 0 Å². The van der Waals surface area contributed by atoms with Gasteiger partial charge in [0, 0.05) is 19.5 Å². The van der Waals surface area contributed by atoms with Gasteiger partial charge in [-0.3, -0.25) is 4.79 Å². The second kappa shape index (κ2) is 3.23. The van der Waals surface area contributed by atoms with E-state index < -0.39 is 5.60 Å². The van der Waals surface area contributed by atoms with E-state index in [9.17, 15) is 9.90 Å². The first-order valence-corrected chi connectivity index (χ1v) is 5.11. The topological polar surface area (TPSA) is 40.5 Å². The van der Waals surface area contributed by atoms with Gasteiger partial charge in [0.15, 0.2) is 0 Å². The second-order valence-electron chi connectivity index (χ2n) is 5.75. The number of nitrogens with zero attached hydrogens (tertiary/aromatic N) is 1. The first-order valence-electron chi connectivity index (χ1n) is 5.11. The van der Waals surface area contributed by atoms with E-state index in [-0.39, 0.29) is 17.2 Å². The number of likely N-dealkylation sites (N-methyl/N-ethyl adjacent to an activating group) is 1. The van der Waals surface area contributed by atoms with E-state index in [2.05, 4.69) is 13.8 Å².